The number of carboxylic acids is 1. The van der Waals surface area contributed by atoms with Gasteiger partial charge in [0.2, 0.25) is 0 Å². The van der Waals surface area contributed by atoms with Crippen LogP contribution in [0.3, 0.4) is 0 Å². The molecule has 4 rings (SSSR count). The number of nitrogens with zero attached hydrogens (tertiary/aromatic N) is 5. The Hall–Kier alpha value is -3.11. The number of H-pyrrole nitrogens is 1. The van der Waals surface area contributed by atoms with E-state index >= 15 is 0 Å². The van der Waals surface area contributed by atoms with Crippen LogP contribution < -0.4 is 11.1 Å². The van der Waals surface area contributed by atoms with Crippen LogP contribution in [0.15, 0.2) is 32.6 Å². The van der Waals surface area contributed by atoms with Crippen LogP contribution in [0.4, 0.5) is 5.13 Å². The van der Waals surface area contributed by atoms with Crippen molar-refractivity contribution in [3.05, 3.63) is 28.0 Å². The topological polar surface area (TPSA) is 200 Å². The average molecular weight is 497 g/mol. The molecule has 1 fully saturated rings. The molecular weight excluding hydrogens is 480 g/mol. The predicted molar refractivity (Wildman–Crippen MR) is 116 cm³/mol. The summed E-state index contributed by atoms with van der Waals surface area (Å²) in [5, 5.41) is 33.6. The zero-order chi connectivity index (χ0) is 22.8. The first kappa shape index (κ1) is 22.1. The SMILES string of the molecule is Nc1nc(/C(=N/O)C(=O)N[C@@H]2C(=O)N3C(C(=O)O)=C(SCSc4ncn[nH]4)CC[C@H]23)cs1. The third-order valence-corrected chi connectivity index (χ3v) is 7.62. The number of hydrogen-bond donors (Lipinski definition) is 5. The Bertz CT molecular complexity index is 1110. The number of aromatic nitrogens is 4. The van der Waals surface area contributed by atoms with Crippen molar-refractivity contribution in [2.24, 2.45) is 5.16 Å². The summed E-state index contributed by atoms with van der Waals surface area (Å²) in [5.41, 5.74) is 5.16. The van der Waals surface area contributed by atoms with Crippen molar-refractivity contribution in [3.63, 3.8) is 0 Å². The van der Waals surface area contributed by atoms with E-state index < -0.39 is 29.9 Å². The van der Waals surface area contributed by atoms with Gasteiger partial charge in [-0.15, -0.1) is 23.1 Å². The number of anilines is 1. The van der Waals surface area contributed by atoms with E-state index in [1.54, 1.807) is 0 Å². The summed E-state index contributed by atoms with van der Waals surface area (Å²) in [6.07, 6.45) is 2.29. The van der Waals surface area contributed by atoms with Gasteiger partial charge in [-0.2, -0.15) is 5.10 Å². The standard InChI is InChI=1S/C16H16N8O5S3/c17-15-20-6(3-30-15)9(23-29)12(25)21-10-7-1-2-8(11(14(27)28)24(7)13(10)26)31-5-32-16-18-4-19-22-16/h3-4,7,10,29H,1-2,5H2,(H2,17,20)(H,21,25)(H,27,28)(H,18,19,22)/b23-9-/t7-,10+/m1/s1. The number of nitrogen functional groups attached to an aromatic ring is 1. The molecule has 2 atom stereocenters. The van der Waals surface area contributed by atoms with Gasteiger partial charge in [0.15, 0.2) is 16.0 Å². The number of oxime groups is 1. The molecule has 0 unspecified atom stereocenters. The van der Waals surface area contributed by atoms with Crippen molar-refractivity contribution >= 4 is 63.5 Å². The van der Waals surface area contributed by atoms with Crippen molar-refractivity contribution in [2.45, 2.75) is 30.1 Å². The molecule has 168 valence electrons. The summed E-state index contributed by atoms with van der Waals surface area (Å²) in [6, 6.07) is -1.44. The predicted octanol–water partition coefficient (Wildman–Crippen LogP) is 0.290. The van der Waals surface area contributed by atoms with E-state index in [1.807, 2.05) is 0 Å². The number of rotatable bonds is 8. The highest BCUT2D eigenvalue weighted by atomic mass is 32.2. The third-order valence-electron chi connectivity index (χ3n) is 4.78. The molecule has 0 bridgehead atoms. The number of aliphatic carboxylic acids is 1. The summed E-state index contributed by atoms with van der Waals surface area (Å²) >= 11 is 3.75. The van der Waals surface area contributed by atoms with Gasteiger partial charge in [0.1, 0.15) is 23.8 Å². The van der Waals surface area contributed by atoms with Crippen LogP contribution in [0, 0.1) is 0 Å². The molecule has 2 aliphatic heterocycles. The van der Waals surface area contributed by atoms with Crippen LogP contribution in [0.1, 0.15) is 18.5 Å². The summed E-state index contributed by atoms with van der Waals surface area (Å²) in [7, 11) is 0. The minimum Gasteiger partial charge on any atom is -0.477 e. The van der Waals surface area contributed by atoms with E-state index in [9.17, 15) is 24.7 Å². The lowest BCUT2D eigenvalue weighted by Crippen LogP contribution is -2.72. The first-order valence-electron chi connectivity index (χ1n) is 9.05. The lowest BCUT2D eigenvalue weighted by atomic mass is 9.86. The Kier molecular flexibility index (Phi) is 6.33. The molecule has 4 heterocycles. The van der Waals surface area contributed by atoms with Gasteiger partial charge in [0.05, 0.1) is 11.1 Å². The molecule has 16 heteroatoms. The van der Waals surface area contributed by atoms with Gasteiger partial charge < -0.3 is 21.4 Å². The van der Waals surface area contributed by atoms with Crippen LogP contribution in [-0.4, -0.2) is 76.0 Å². The monoisotopic (exact) mass is 496 g/mol. The number of allylic oxidation sites excluding steroid dienone is 1. The summed E-state index contributed by atoms with van der Waals surface area (Å²) in [5.74, 6) is -2.56. The maximum atomic E-state index is 12.7. The maximum Gasteiger partial charge on any atom is 0.353 e. The van der Waals surface area contributed by atoms with Gasteiger partial charge in [-0.1, -0.05) is 16.9 Å². The van der Waals surface area contributed by atoms with E-state index in [0.717, 1.165) is 11.3 Å². The molecule has 2 aliphatic rings. The Labute approximate surface area is 192 Å². The number of β-lactam (4-membered cyclic amide) rings is 1. The fourth-order valence-corrected chi connectivity index (χ4v) is 6.03. The van der Waals surface area contributed by atoms with Crippen molar-refractivity contribution in [2.75, 3.05) is 10.8 Å². The number of hydrogen-bond acceptors (Lipinski definition) is 12. The number of nitrogens with two attached hydrogens (primary N) is 1. The van der Waals surface area contributed by atoms with Crippen molar-refractivity contribution in [3.8, 4) is 0 Å². The Balaban J connectivity index is 1.44. The van der Waals surface area contributed by atoms with Crippen LogP contribution in [0.25, 0.3) is 0 Å². The first-order valence-corrected chi connectivity index (χ1v) is 11.9. The van der Waals surface area contributed by atoms with E-state index in [4.69, 9.17) is 5.73 Å². The molecular formula is C16H16N8O5S3. The van der Waals surface area contributed by atoms with Gasteiger partial charge in [0, 0.05) is 10.3 Å². The summed E-state index contributed by atoms with van der Waals surface area (Å²) in [6.45, 7) is 0. The number of carbonyl (C=O) groups excluding carboxylic acids is 2. The number of amides is 2. The number of carbonyl (C=O) groups is 3. The van der Waals surface area contributed by atoms with Crippen molar-refractivity contribution < 1.29 is 24.7 Å². The number of thioether (sulfide) groups is 2. The molecule has 2 aromatic rings. The van der Waals surface area contributed by atoms with E-state index in [0.29, 0.717) is 28.0 Å². The van der Waals surface area contributed by atoms with Crippen molar-refractivity contribution in [1.29, 1.82) is 0 Å². The van der Waals surface area contributed by atoms with Gasteiger partial charge in [-0.3, -0.25) is 19.6 Å². The molecule has 0 radical (unpaired) electrons. The normalized spacial score (nSPS) is 20.7. The van der Waals surface area contributed by atoms with Crippen LogP contribution in [0.5, 0.6) is 0 Å². The molecule has 0 aliphatic carbocycles. The van der Waals surface area contributed by atoms with Gasteiger partial charge in [-0.25, -0.2) is 14.8 Å². The second-order valence-electron chi connectivity index (χ2n) is 6.56. The molecule has 6 N–H and O–H groups in total. The quantitative estimate of drug-likeness (QED) is 0.0840. The molecule has 0 saturated carbocycles. The third kappa shape index (κ3) is 4.15. The Morgan fingerprint density at radius 2 is 2.25 bits per heavy atom. The average Bonchev–Trinajstić information content (AvgIpc) is 3.44. The zero-order valence-electron chi connectivity index (χ0n) is 16.1. The fourth-order valence-electron chi connectivity index (χ4n) is 3.41. The first-order chi connectivity index (χ1) is 15.4. The molecule has 2 amide bonds. The summed E-state index contributed by atoms with van der Waals surface area (Å²) < 4.78 is 0. The van der Waals surface area contributed by atoms with E-state index in [2.05, 4.69) is 30.6 Å². The van der Waals surface area contributed by atoms with Crippen LogP contribution >= 0.6 is 34.9 Å². The highest BCUT2D eigenvalue weighted by Crippen LogP contribution is 2.42. The van der Waals surface area contributed by atoms with Gasteiger partial charge in [0.25, 0.3) is 11.8 Å². The number of thiazole rings is 1. The van der Waals surface area contributed by atoms with Gasteiger partial charge in [-0.05, 0) is 12.8 Å². The number of fused-ring (bicyclic) bond motifs is 1. The smallest absolute Gasteiger partial charge is 0.353 e. The number of carboxylic acid groups (broad SMARTS) is 1. The molecule has 2 aromatic heterocycles. The number of nitrogens with one attached hydrogen (secondary N) is 2. The van der Waals surface area contributed by atoms with Crippen LogP contribution in [-0.2, 0) is 14.4 Å². The lowest BCUT2D eigenvalue weighted by Gasteiger charge is -2.50. The second-order valence-corrected chi connectivity index (χ2v) is 9.85. The molecule has 1 saturated heterocycles. The highest BCUT2D eigenvalue weighted by Gasteiger charge is 2.53. The molecule has 13 nitrogen and oxygen atoms in total. The zero-order valence-corrected chi connectivity index (χ0v) is 18.5. The minimum absolute atomic E-state index is 0.0776. The minimum atomic E-state index is -1.21. The molecule has 32 heavy (non-hydrogen) atoms. The van der Waals surface area contributed by atoms with Gasteiger partial charge >= 0.3 is 5.97 Å². The van der Waals surface area contributed by atoms with E-state index in [-0.39, 0.29) is 22.2 Å². The highest BCUT2D eigenvalue weighted by molar-refractivity contribution is 8.17. The second kappa shape index (κ2) is 9.17. The van der Waals surface area contributed by atoms with Crippen LogP contribution in [0.2, 0.25) is 0 Å². The Morgan fingerprint density at radius 3 is 2.88 bits per heavy atom. The van der Waals surface area contributed by atoms with Crippen molar-refractivity contribution in [1.82, 2.24) is 30.4 Å². The largest absolute Gasteiger partial charge is 0.477 e. The maximum absolute atomic E-state index is 12.7. The van der Waals surface area contributed by atoms with E-state index in [1.165, 1.54) is 40.1 Å². The molecule has 0 spiro atoms. The summed E-state index contributed by atoms with van der Waals surface area (Å²) in [4.78, 5) is 46.9. The number of aromatic amines is 1. The Morgan fingerprint density at radius 1 is 1.44 bits per heavy atom. The fraction of sp³-hybridized carbons (Fsp3) is 0.312. The lowest BCUT2D eigenvalue weighted by molar-refractivity contribution is -0.155. The molecule has 0 aromatic carbocycles.